The first-order valence-corrected chi connectivity index (χ1v) is 7.74. The van der Waals surface area contributed by atoms with Crippen LogP contribution in [0, 0.1) is 3.57 Å². The van der Waals surface area contributed by atoms with Crippen molar-refractivity contribution in [1.82, 2.24) is 9.55 Å². The smallest absolute Gasteiger partial charge is 0.330 e. The molecule has 1 saturated heterocycles. The predicted octanol–water partition coefficient (Wildman–Crippen LogP) is -1.30. The molecule has 0 bridgehead atoms. The van der Waals surface area contributed by atoms with Crippen molar-refractivity contribution in [3.8, 4) is 0 Å². The molecule has 0 amide bonds. The van der Waals surface area contributed by atoms with Gasteiger partial charge in [-0.15, -0.1) is 0 Å². The number of Topliss-reactive ketones (excluding diaryl/α,β-unsaturated/α-hetero) is 2. The first-order valence-electron chi connectivity index (χ1n) is 6.66. The fourth-order valence-corrected chi connectivity index (χ4v) is 2.88. The van der Waals surface area contributed by atoms with Crippen LogP contribution < -0.4 is 11.2 Å². The lowest BCUT2D eigenvalue weighted by Crippen LogP contribution is -2.52. The summed E-state index contributed by atoms with van der Waals surface area (Å²) in [5.74, 6) is -1.38. The van der Waals surface area contributed by atoms with Crippen molar-refractivity contribution in [3.63, 3.8) is 0 Å². The number of halogens is 1. The Labute approximate surface area is 143 Å². The second-order valence-electron chi connectivity index (χ2n) is 5.39. The van der Waals surface area contributed by atoms with Crippen LogP contribution in [0.15, 0.2) is 15.8 Å². The summed E-state index contributed by atoms with van der Waals surface area (Å²) in [6, 6.07) is 0. The Morgan fingerprint density at radius 3 is 2.61 bits per heavy atom. The molecule has 10 heteroatoms. The minimum absolute atomic E-state index is 0.202. The number of rotatable bonds is 4. The third kappa shape index (κ3) is 3.16. The number of ketones is 2. The van der Waals surface area contributed by atoms with Crippen LogP contribution in [0.4, 0.5) is 0 Å². The molecule has 0 saturated carbocycles. The number of hydrogen-bond acceptors (Lipinski definition) is 7. The van der Waals surface area contributed by atoms with Gasteiger partial charge in [-0.2, -0.15) is 0 Å². The molecule has 126 valence electrons. The molecule has 1 aliphatic rings. The molecule has 2 heterocycles. The largest absolute Gasteiger partial charge is 0.382 e. The van der Waals surface area contributed by atoms with Gasteiger partial charge in [0.1, 0.15) is 18.4 Å². The molecule has 1 unspecified atom stereocenters. The van der Waals surface area contributed by atoms with E-state index in [2.05, 4.69) is 4.98 Å². The first-order chi connectivity index (χ1) is 10.6. The van der Waals surface area contributed by atoms with E-state index in [1.807, 2.05) is 0 Å². The third-order valence-electron chi connectivity index (χ3n) is 3.81. The molecule has 1 fully saturated rings. The predicted molar refractivity (Wildman–Crippen MR) is 84.9 cm³/mol. The van der Waals surface area contributed by atoms with Crippen molar-refractivity contribution in [2.75, 3.05) is 0 Å². The maximum Gasteiger partial charge on any atom is 0.330 e. The zero-order valence-electron chi connectivity index (χ0n) is 12.3. The molecular formula is C13H15IN2O7. The number of aliphatic hydroxyl groups excluding tert-OH is 1. The lowest BCUT2D eigenvalue weighted by atomic mass is 9.86. The standard InChI is InChI=1S/C13H15IN2O7/c1-5(17)9(19)10-13(22,6(2)18)3-8(23-10)16-4-7(14)11(20)15-12(16)21/h4,8-10,19,22H,3H2,1-2H3,(H,15,20,21)/t8-,9?,10-,13-/m1/s1. The van der Waals surface area contributed by atoms with Gasteiger partial charge < -0.3 is 14.9 Å². The number of nitrogens with one attached hydrogen (secondary N) is 1. The van der Waals surface area contributed by atoms with Gasteiger partial charge in [0, 0.05) is 12.6 Å². The molecule has 23 heavy (non-hydrogen) atoms. The van der Waals surface area contributed by atoms with E-state index in [0.717, 1.165) is 18.4 Å². The average Bonchev–Trinajstić information content (AvgIpc) is 2.81. The first kappa shape index (κ1) is 18.0. The van der Waals surface area contributed by atoms with Gasteiger partial charge in [-0.1, -0.05) is 0 Å². The summed E-state index contributed by atoms with van der Waals surface area (Å²) in [4.78, 5) is 48.5. The summed E-state index contributed by atoms with van der Waals surface area (Å²) < 4.78 is 6.62. The number of hydrogen-bond donors (Lipinski definition) is 3. The molecule has 0 aromatic carbocycles. The van der Waals surface area contributed by atoms with Crippen LogP contribution in [0.3, 0.4) is 0 Å². The lowest BCUT2D eigenvalue weighted by Gasteiger charge is -2.27. The zero-order chi connectivity index (χ0) is 17.5. The quantitative estimate of drug-likeness (QED) is 0.497. The minimum atomic E-state index is -2.11. The molecule has 1 aromatic heterocycles. The minimum Gasteiger partial charge on any atom is -0.382 e. The molecule has 9 nitrogen and oxygen atoms in total. The molecule has 3 N–H and O–H groups in total. The van der Waals surface area contributed by atoms with Gasteiger partial charge in [-0.05, 0) is 36.4 Å². The molecule has 0 aliphatic carbocycles. The Morgan fingerprint density at radius 1 is 1.48 bits per heavy atom. The van der Waals surface area contributed by atoms with Crippen LogP contribution in [0.5, 0.6) is 0 Å². The highest BCUT2D eigenvalue weighted by Crippen LogP contribution is 2.38. The summed E-state index contributed by atoms with van der Waals surface area (Å²) in [6.45, 7) is 2.20. The summed E-state index contributed by atoms with van der Waals surface area (Å²) in [5, 5.41) is 20.4. The molecule has 1 aromatic rings. The van der Waals surface area contributed by atoms with Crippen LogP contribution in [0.25, 0.3) is 0 Å². The Morgan fingerprint density at radius 2 is 2.09 bits per heavy atom. The van der Waals surface area contributed by atoms with Gasteiger partial charge in [-0.25, -0.2) is 4.79 Å². The second kappa shape index (κ2) is 6.26. The number of aliphatic hydroxyl groups is 2. The Bertz CT molecular complexity index is 770. The number of nitrogens with zero attached hydrogens (tertiary/aromatic N) is 1. The van der Waals surface area contributed by atoms with E-state index in [-0.39, 0.29) is 9.99 Å². The number of aromatic nitrogens is 2. The average molecular weight is 438 g/mol. The fourth-order valence-electron chi connectivity index (χ4n) is 2.44. The molecule has 0 spiro atoms. The van der Waals surface area contributed by atoms with Crippen LogP contribution in [0.2, 0.25) is 0 Å². The highest BCUT2D eigenvalue weighted by Gasteiger charge is 2.55. The Hall–Kier alpha value is -1.37. The van der Waals surface area contributed by atoms with E-state index >= 15 is 0 Å². The molecule has 2 rings (SSSR count). The van der Waals surface area contributed by atoms with Gasteiger partial charge >= 0.3 is 5.69 Å². The number of H-pyrrole nitrogens is 1. The summed E-state index contributed by atoms with van der Waals surface area (Å²) >= 11 is 1.71. The highest BCUT2D eigenvalue weighted by molar-refractivity contribution is 14.1. The van der Waals surface area contributed by atoms with E-state index in [1.54, 1.807) is 22.6 Å². The van der Waals surface area contributed by atoms with Gasteiger partial charge in [0.15, 0.2) is 17.2 Å². The van der Waals surface area contributed by atoms with Crippen molar-refractivity contribution >= 4 is 34.2 Å². The number of carbonyl (C=O) groups is 2. The maximum absolute atomic E-state index is 11.9. The van der Waals surface area contributed by atoms with Crippen LogP contribution >= 0.6 is 22.6 Å². The van der Waals surface area contributed by atoms with Gasteiger partial charge in [0.25, 0.3) is 5.56 Å². The van der Waals surface area contributed by atoms with E-state index in [0.29, 0.717) is 0 Å². The third-order valence-corrected chi connectivity index (χ3v) is 4.58. The Balaban J connectivity index is 2.47. The van der Waals surface area contributed by atoms with Crippen molar-refractivity contribution in [1.29, 1.82) is 0 Å². The topological polar surface area (TPSA) is 139 Å². The van der Waals surface area contributed by atoms with E-state index in [1.165, 1.54) is 6.20 Å². The van der Waals surface area contributed by atoms with E-state index < -0.39 is 46.9 Å². The molecule has 1 aliphatic heterocycles. The number of aromatic amines is 1. The highest BCUT2D eigenvalue weighted by atomic mass is 127. The normalized spacial score (nSPS) is 28.6. The van der Waals surface area contributed by atoms with Crippen molar-refractivity contribution in [2.45, 2.75) is 44.3 Å². The van der Waals surface area contributed by atoms with Crippen LogP contribution in [-0.4, -0.2) is 49.1 Å². The summed E-state index contributed by atoms with van der Waals surface area (Å²) in [7, 11) is 0. The SMILES string of the molecule is CC(=O)C(O)[C@H]1O[C@@H](n2cc(I)c(=O)[nH]c2=O)C[C@@]1(O)C(C)=O. The van der Waals surface area contributed by atoms with E-state index in [9.17, 15) is 29.4 Å². The maximum atomic E-state index is 11.9. The lowest BCUT2D eigenvalue weighted by molar-refractivity contribution is -0.158. The second-order valence-corrected chi connectivity index (χ2v) is 6.56. The number of ether oxygens (including phenoxy) is 1. The molecule has 0 radical (unpaired) electrons. The Kier molecular flexibility index (Phi) is 4.89. The number of carbonyl (C=O) groups excluding carboxylic acids is 2. The summed E-state index contributed by atoms with van der Waals surface area (Å²) in [6.07, 6.45) is -3.44. The van der Waals surface area contributed by atoms with Gasteiger partial charge in [0.05, 0.1) is 3.57 Å². The van der Waals surface area contributed by atoms with Gasteiger partial charge in [0.2, 0.25) is 0 Å². The monoisotopic (exact) mass is 438 g/mol. The van der Waals surface area contributed by atoms with Crippen molar-refractivity contribution in [2.24, 2.45) is 0 Å². The van der Waals surface area contributed by atoms with Gasteiger partial charge in [-0.3, -0.25) is 23.9 Å². The molecular weight excluding hydrogens is 423 g/mol. The van der Waals surface area contributed by atoms with Crippen LogP contribution in [-0.2, 0) is 14.3 Å². The van der Waals surface area contributed by atoms with E-state index in [4.69, 9.17) is 4.74 Å². The fraction of sp³-hybridized carbons (Fsp3) is 0.538. The zero-order valence-corrected chi connectivity index (χ0v) is 14.4. The summed E-state index contributed by atoms with van der Waals surface area (Å²) in [5.41, 5.74) is -3.48. The van der Waals surface area contributed by atoms with Crippen LogP contribution in [0.1, 0.15) is 26.5 Å². The molecule has 4 atom stereocenters. The van der Waals surface area contributed by atoms with Crippen molar-refractivity contribution in [3.05, 3.63) is 30.6 Å². The van der Waals surface area contributed by atoms with Crippen molar-refractivity contribution < 1.29 is 24.5 Å².